The number of anilines is 1. The summed E-state index contributed by atoms with van der Waals surface area (Å²) in [7, 11) is 0. The minimum atomic E-state index is -0.858. The van der Waals surface area contributed by atoms with Gasteiger partial charge in [-0.05, 0) is 56.3 Å². The van der Waals surface area contributed by atoms with E-state index in [0.29, 0.717) is 6.61 Å². The molecule has 11 heteroatoms. The lowest BCUT2D eigenvalue weighted by atomic mass is 9.93. The number of nitrogens with one attached hydrogen (secondary N) is 1. The Morgan fingerprint density at radius 2 is 2.03 bits per heavy atom. The minimum absolute atomic E-state index is 0.0203. The number of rotatable bonds is 6. The van der Waals surface area contributed by atoms with Gasteiger partial charge in [-0.2, -0.15) is 14.5 Å². The van der Waals surface area contributed by atoms with Crippen LogP contribution in [0.25, 0.3) is 11.4 Å². The largest absolute Gasteiger partial charge is 0.435 e. The van der Waals surface area contributed by atoms with Gasteiger partial charge in [-0.25, -0.2) is 9.37 Å². The van der Waals surface area contributed by atoms with Gasteiger partial charge in [0.2, 0.25) is 5.95 Å². The molecule has 1 aliphatic carbocycles. The molecule has 8 nitrogen and oxygen atoms in total. The molecule has 3 aromatic rings. The van der Waals surface area contributed by atoms with Crippen LogP contribution in [0.15, 0.2) is 29.0 Å². The van der Waals surface area contributed by atoms with E-state index in [1.807, 2.05) is 6.92 Å². The maximum absolute atomic E-state index is 14.4. The van der Waals surface area contributed by atoms with Crippen molar-refractivity contribution in [3.8, 4) is 11.4 Å². The normalized spacial score (nSPS) is 18.8. The van der Waals surface area contributed by atoms with E-state index in [-0.39, 0.29) is 40.3 Å². The van der Waals surface area contributed by atoms with Crippen molar-refractivity contribution in [2.45, 2.75) is 44.8 Å². The van der Waals surface area contributed by atoms with E-state index in [2.05, 4.69) is 20.4 Å². The molecule has 0 unspecified atom stereocenters. The molecule has 1 aliphatic rings. The van der Waals surface area contributed by atoms with E-state index in [1.54, 1.807) is 10.9 Å². The van der Waals surface area contributed by atoms with Gasteiger partial charge in [-0.15, -0.1) is 0 Å². The Balaban J connectivity index is 1.65. The number of halogens is 3. The van der Waals surface area contributed by atoms with Gasteiger partial charge in [0, 0.05) is 12.8 Å². The van der Waals surface area contributed by atoms with Gasteiger partial charge in [-0.1, -0.05) is 0 Å². The Labute approximate surface area is 181 Å². The number of ether oxygens (including phenoxy) is 1. The fourth-order valence-electron chi connectivity index (χ4n) is 3.68. The number of pyridine rings is 1. The molecular weight excluding hydrogens is 432 g/mol. The van der Waals surface area contributed by atoms with Crippen molar-refractivity contribution in [2.24, 2.45) is 0 Å². The zero-order chi connectivity index (χ0) is 22.0. The lowest BCUT2D eigenvalue weighted by Crippen LogP contribution is -2.24. The predicted octanol–water partition coefficient (Wildman–Crippen LogP) is 4.64. The molecule has 0 radical (unpaired) electrons. The molecule has 0 atom stereocenters. The highest BCUT2D eigenvalue weighted by atomic mass is 35.5. The molecule has 0 aromatic carbocycles. The molecule has 1 N–H and O–H groups in total. The van der Waals surface area contributed by atoms with Gasteiger partial charge in [0.25, 0.3) is 11.3 Å². The molecule has 1 saturated carbocycles. The van der Waals surface area contributed by atoms with Gasteiger partial charge in [0.1, 0.15) is 17.7 Å². The van der Waals surface area contributed by atoms with Crippen molar-refractivity contribution < 1.29 is 22.7 Å². The molecule has 31 heavy (non-hydrogen) atoms. The Hall–Kier alpha value is -2.85. The highest BCUT2D eigenvalue weighted by molar-refractivity contribution is 6.28. The molecule has 0 saturated heterocycles. The Morgan fingerprint density at radius 3 is 2.71 bits per heavy atom. The monoisotopic (exact) mass is 451 g/mol. The van der Waals surface area contributed by atoms with Crippen LogP contribution < -0.4 is 5.32 Å². The van der Waals surface area contributed by atoms with Crippen LogP contribution in [0.4, 0.5) is 14.5 Å². The third-order valence-corrected chi connectivity index (χ3v) is 5.32. The fraction of sp³-hybridized carbons (Fsp3) is 0.400. The van der Waals surface area contributed by atoms with E-state index in [4.69, 9.17) is 20.8 Å². The maximum Gasteiger partial charge on any atom is 0.292 e. The fourth-order valence-corrected chi connectivity index (χ4v) is 3.82. The molecular formula is C20H20ClF2N5O3. The molecule has 3 heterocycles. The summed E-state index contributed by atoms with van der Waals surface area (Å²) in [5, 5.41) is 6.88. The zero-order valence-electron chi connectivity index (χ0n) is 16.6. The lowest BCUT2D eigenvalue weighted by Gasteiger charge is -2.28. The molecule has 3 aromatic heterocycles. The summed E-state index contributed by atoms with van der Waals surface area (Å²) in [4.78, 5) is 19.9. The zero-order valence-corrected chi connectivity index (χ0v) is 17.4. The number of oxazole rings is 1. The number of hydrogen-bond acceptors (Lipinski definition) is 6. The lowest BCUT2D eigenvalue weighted by molar-refractivity contribution is 0.0260. The number of nitrogens with zero attached hydrogens (tertiary/aromatic N) is 4. The van der Waals surface area contributed by atoms with Crippen molar-refractivity contribution >= 4 is 23.2 Å². The van der Waals surface area contributed by atoms with Gasteiger partial charge >= 0.3 is 0 Å². The molecule has 164 valence electrons. The highest BCUT2D eigenvalue weighted by Crippen LogP contribution is 2.34. The summed E-state index contributed by atoms with van der Waals surface area (Å²) in [6.45, 7) is 2.62. The predicted molar refractivity (Wildman–Crippen MR) is 108 cm³/mol. The van der Waals surface area contributed by atoms with Crippen LogP contribution in [0.1, 0.15) is 49.1 Å². The minimum Gasteiger partial charge on any atom is -0.435 e. The Kier molecular flexibility index (Phi) is 6.28. The summed E-state index contributed by atoms with van der Waals surface area (Å²) in [6.07, 6.45) is 6.21. The summed E-state index contributed by atoms with van der Waals surface area (Å²) in [5.74, 6) is -2.25. The van der Waals surface area contributed by atoms with Crippen molar-refractivity contribution in [3.05, 3.63) is 47.4 Å². The van der Waals surface area contributed by atoms with Gasteiger partial charge < -0.3 is 14.5 Å². The number of carbonyl (C=O) groups excluding carboxylic acids is 1. The smallest absolute Gasteiger partial charge is 0.292 e. The molecule has 0 bridgehead atoms. The van der Waals surface area contributed by atoms with Crippen molar-refractivity contribution in [1.82, 2.24) is 19.7 Å². The summed E-state index contributed by atoms with van der Waals surface area (Å²) >= 11 is 5.63. The third-order valence-electron chi connectivity index (χ3n) is 5.15. The average molecular weight is 452 g/mol. The second kappa shape index (κ2) is 9.11. The standard InChI is InChI=1S/C20H20ClF2N5O3/c1-2-30-12-5-3-11(4-6-12)28-9-14(24-19(29)15-10-31-20(21)25-15)18(27-28)17-13(22)7-8-16(23)26-17/h7-12H,2-6H2,1H3,(H,24,29). The van der Waals surface area contributed by atoms with Gasteiger partial charge in [-0.3, -0.25) is 9.48 Å². The molecule has 1 amide bonds. The topological polar surface area (TPSA) is 95.1 Å². The van der Waals surface area contributed by atoms with Crippen LogP contribution in [0.3, 0.4) is 0 Å². The number of amides is 1. The van der Waals surface area contributed by atoms with Gasteiger partial charge in [0.05, 0.1) is 17.8 Å². The van der Waals surface area contributed by atoms with E-state index in [0.717, 1.165) is 44.1 Å². The molecule has 1 fully saturated rings. The Morgan fingerprint density at radius 1 is 1.26 bits per heavy atom. The first kappa shape index (κ1) is 21.4. The second-order valence-electron chi connectivity index (χ2n) is 7.16. The van der Waals surface area contributed by atoms with E-state index < -0.39 is 17.7 Å². The van der Waals surface area contributed by atoms with Crippen molar-refractivity contribution in [3.63, 3.8) is 0 Å². The molecule has 0 aliphatic heterocycles. The first-order valence-corrected chi connectivity index (χ1v) is 10.3. The average Bonchev–Trinajstić information content (AvgIpc) is 3.37. The quantitative estimate of drug-likeness (QED) is 0.549. The number of carbonyl (C=O) groups is 1. The molecule has 0 spiro atoms. The number of hydrogen-bond donors (Lipinski definition) is 1. The van der Waals surface area contributed by atoms with Crippen LogP contribution in [0.5, 0.6) is 0 Å². The van der Waals surface area contributed by atoms with Crippen molar-refractivity contribution in [2.75, 3.05) is 11.9 Å². The summed E-state index contributed by atoms with van der Waals surface area (Å²) < 4.78 is 40.3. The summed E-state index contributed by atoms with van der Waals surface area (Å²) in [5.41, 5.74) is -0.163. The first-order valence-electron chi connectivity index (χ1n) is 9.90. The maximum atomic E-state index is 14.4. The van der Waals surface area contributed by atoms with Gasteiger partial charge in [0.15, 0.2) is 11.5 Å². The van der Waals surface area contributed by atoms with E-state index in [9.17, 15) is 13.6 Å². The Bertz CT molecular complexity index is 1080. The second-order valence-corrected chi connectivity index (χ2v) is 7.48. The first-order chi connectivity index (χ1) is 14.9. The highest BCUT2D eigenvalue weighted by Gasteiger charge is 2.27. The molecule has 4 rings (SSSR count). The van der Waals surface area contributed by atoms with Crippen LogP contribution in [0.2, 0.25) is 5.35 Å². The third kappa shape index (κ3) is 4.75. The van der Waals surface area contributed by atoms with E-state index in [1.165, 1.54) is 0 Å². The number of aromatic nitrogens is 4. The van der Waals surface area contributed by atoms with Crippen molar-refractivity contribution in [1.29, 1.82) is 0 Å². The SMILES string of the molecule is CCOC1CCC(n2cc(NC(=O)c3coc(Cl)n3)c(-c3nc(F)ccc3F)n2)CC1. The van der Waals surface area contributed by atoms with E-state index >= 15 is 0 Å². The van der Waals surface area contributed by atoms with Crippen LogP contribution >= 0.6 is 11.6 Å². The van der Waals surface area contributed by atoms with Crippen LogP contribution in [-0.4, -0.2) is 38.4 Å². The van der Waals surface area contributed by atoms with Crippen LogP contribution in [-0.2, 0) is 4.74 Å². The van der Waals surface area contributed by atoms with Crippen LogP contribution in [0, 0.1) is 11.8 Å². The summed E-state index contributed by atoms with van der Waals surface area (Å²) in [6, 6.07) is 1.91.